The smallest absolute Gasteiger partial charge is 0.142 e. The van der Waals surface area contributed by atoms with Gasteiger partial charge >= 0.3 is 0 Å². The summed E-state index contributed by atoms with van der Waals surface area (Å²) in [6.07, 6.45) is 0. The second-order valence-electron chi connectivity index (χ2n) is 4.35. The zero-order valence-corrected chi connectivity index (χ0v) is 13.3. The summed E-state index contributed by atoms with van der Waals surface area (Å²) < 4.78 is 25.2. The fourth-order valence-electron chi connectivity index (χ4n) is 2.15. The summed E-state index contributed by atoms with van der Waals surface area (Å²) in [6.45, 7) is 0. The van der Waals surface area contributed by atoms with E-state index in [-0.39, 0.29) is 5.82 Å². The second-order valence-corrected chi connectivity index (χ2v) is 5.20. The highest BCUT2D eigenvalue weighted by Crippen LogP contribution is 2.34. The van der Waals surface area contributed by atoms with Crippen molar-refractivity contribution in [3.8, 4) is 11.5 Å². The Labute approximate surface area is 131 Å². The van der Waals surface area contributed by atoms with E-state index in [4.69, 9.17) is 15.3 Å². The van der Waals surface area contributed by atoms with Crippen LogP contribution in [-0.4, -0.2) is 14.2 Å². The normalized spacial score (nSPS) is 12.0. The summed E-state index contributed by atoms with van der Waals surface area (Å²) in [5.74, 6) is 6.49. The van der Waals surface area contributed by atoms with Crippen LogP contribution in [0.3, 0.4) is 0 Å². The van der Waals surface area contributed by atoms with Crippen molar-refractivity contribution in [3.63, 3.8) is 0 Å². The van der Waals surface area contributed by atoms with Gasteiger partial charge in [0.05, 0.1) is 24.7 Å². The van der Waals surface area contributed by atoms with Crippen LogP contribution in [0.1, 0.15) is 17.2 Å². The molecule has 0 bridgehead atoms. The predicted octanol–water partition coefficient (Wildman–Crippen LogP) is 3.16. The van der Waals surface area contributed by atoms with Crippen molar-refractivity contribution in [2.75, 3.05) is 14.2 Å². The summed E-state index contributed by atoms with van der Waals surface area (Å²) in [7, 11) is 3.12. The van der Waals surface area contributed by atoms with Crippen molar-refractivity contribution in [2.45, 2.75) is 6.04 Å². The van der Waals surface area contributed by atoms with Crippen LogP contribution >= 0.6 is 15.9 Å². The molecular formula is C15H16BrFN2O2. The molecule has 0 aliphatic heterocycles. The van der Waals surface area contributed by atoms with E-state index in [2.05, 4.69) is 21.4 Å². The zero-order chi connectivity index (χ0) is 15.4. The van der Waals surface area contributed by atoms with Crippen molar-refractivity contribution >= 4 is 15.9 Å². The largest absolute Gasteiger partial charge is 0.497 e. The lowest BCUT2D eigenvalue weighted by atomic mass is 9.97. The molecule has 4 nitrogen and oxygen atoms in total. The lowest BCUT2D eigenvalue weighted by Gasteiger charge is -2.21. The number of nitrogens with one attached hydrogen (secondary N) is 1. The molecule has 0 saturated carbocycles. The molecule has 0 amide bonds. The van der Waals surface area contributed by atoms with Crippen molar-refractivity contribution in [1.29, 1.82) is 0 Å². The van der Waals surface area contributed by atoms with E-state index in [1.54, 1.807) is 50.6 Å². The molecule has 0 aromatic heterocycles. The highest BCUT2D eigenvalue weighted by molar-refractivity contribution is 9.10. The van der Waals surface area contributed by atoms with Gasteiger partial charge in [-0.25, -0.2) is 9.82 Å². The van der Waals surface area contributed by atoms with Crippen LogP contribution in [0.5, 0.6) is 11.5 Å². The van der Waals surface area contributed by atoms with Gasteiger partial charge in [-0.3, -0.25) is 5.84 Å². The van der Waals surface area contributed by atoms with E-state index >= 15 is 0 Å². The fraction of sp³-hybridized carbons (Fsp3) is 0.200. The van der Waals surface area contributed by atoms with E-state index in [0.29, 0.717) is 21.5 Å². The van der Waals surface area contributed by atoms with Gasteiger partial charge in [-0.15, -0.1) is 0 Å². The van der Waals surface area contributed by atoms with Gasteiger partial charge in [0.2, 0.25) is 0 Å². The summed E-state index contributed by atoms with van der Waals surface area (Å²) >= 11 is 3.18. The molecule has 0 fully saturated rings. The third-order valence-electron chi connectivity index (χ3n) is 3.21. The zero-order valence-electron chi connectivity index (χ0n) is 11.7. The van der Waals surface area contributed by atoms with Gasteiger partial charge in [0, 0.05) is 17.2 Å². The maximum atomic E-state index is 14.3. The predicted molar refractivity (Wildman–Crippen MR) is 82.8 cm³/mol. The quantitative estimate of drug-likeness (QED) is 0.639. The minimum absolute atomic E-state index is 0.363. The van der Waals surface area contributed by atoms with Crippen molar-refractivity contribution in [2.24, 2.45) is 5.84 Å². The van der Waals surface area contributed by atoms with Gasteiger partial charge in [-0.2, -0.15) is 0 Å². The Morgan fingerprint density at radius 3 is 2.52 bits per heavy atom. The molecular weight excluding hydrogens is 339 g/mol. The van der Waals surface area contributed by atoms with Crippen LogP contribution < -0.4 is 20.7 Å². The van der Waals surface area contributed by atoms with E-state index in [1.165, 1.54) is 0 Å². The van der Waals surface area contributed by atoms with Crippen molar-refractivity contribution < 1.29 is 13.9 Å². The molecule has 112 valence electrons. The number of hydrogen-bond donors (Lipinski definition) is 2. The van der Waals surface area contributed by atoms with E-state index in [0.717, 1.165) is 5.56 Å². The summed E-state index contributed by atoms with van der Waals surface area (Å²) in [5, 5.41) is 0. The summed E-state index contributed by atoms with van der Waals surface area (Å²) in [6, 6.07) is 9.83. The van der Waals surface area contributed by atoms with Crippen LogP contribution in [0, 0.1) is 5.82 Å². The Hall–Kier alpha value is -1.63. The van der Waals surface area contributed by atoms with Crippen LogP contribution in [0.2, 0.25) is 0 Å². The molecule has 3 N–H and O–H groups in total. The molecule has 0 saturated heterocycles. The average Bonchev–Trinajstić information content (AvgIpc) is 2.52. The Kier molecular flexibility index (Phi) is 5.17. The lowest BCUT2D eigenvalue weighted by molar-refractivity contribution is 0.387. The minimum Gasteiger partial charge on any atom is -0.497 e. The van der Waals surface area contributed by atoms with Gasteiger partial charge < -0.3 is 9.47 Å². The average molecular weight is 355 g/mol. The molecule has 1 unspecified atom stereocenters. The van der Waals surface area contributed by atoms with Crippen LogP contribution in [-0.2, 0) is 0 Å². The van der Waals surface area contributed by atoms with Crippen LogP contribution in [0.25, 0.3) is 0 Å². The van der Waals surface area contributed by atoms with Crippen LogP contribution in [0.15, 0.2) is 40.9 Å². The number of benzene rings is 2. The monoisotopic (exact) mass is 354 g/mol. The molecule has 0 spiro atoms. The molecule has 2 rings (SSSR count). The Morgan fingerprint density at radius 2 is 1.90 bits per heavy atom. The maximum Gasteiger partial charge on any atom is 0.142 e. The summed E-state index contributed by atoms with van der Waals surface area (Å²) in [5.41, 5.74) is 3.78. The highest BCUT2D eigenvalue weighted by atomic mass is 79.9. The first kappa shape index (κ1) is 15.8. The van der Waals surface area contributed by atoms with Crippen LogP contribution in [0.4, 0.5) is 4.39 Å². The van der Waals surface area contributed by atoms with Gasteiger partial charge in [0.25, 0.3) is 0 Å². The topological polar surface area (TPSA) is 56.5 Å². The molecule has 0 aliphatic carbocycles. The lowest BCUT2D eigenvalue weighted by Crippen LogP contribution is -2.30. The van der Waals surface area contributed by atoms with E-state index in [9.17, 15) is 4.39 Å². The maximum absolute atomic E-state index is 14.3. The van der Waals surface area contributed by atoms with Crippen molar-refractivity contribution in [3.05, 3.63) is 57.8 Å². The number of rotatable bonds is 5. The first-order valence-electron chi connectivity index (χ1n) is 6.24. The first-order chi connectivity index (χ1) is 10.1. The number of halogens is 2. The van der Waals surface area contributed by atoms with Gasteiger partial charge in [0.15, 0.2) is 0 Å². The third kappa shape index (κ3) is 3.18. The molecule has 2 aromatic rings. The molecule has 6 heteroatoms. The highest BCUT2D eigenvalue weighted by Gasteiger charge is 2.21. The summed E-state index contributed by atoms with van der Waals surface area (Å²) in [4.78, 5) is 0. The molecule has 0 radical (unpaired) electrons. The van der Waals surface area contributed by atoms with Gasteiger partial charge in [-0.1, -0.05) is 12.1 Å². The SMILES string of the molecule is COc1ccc(C(NN)c2cccc(Br)c2F)c(OC)c1. The third-order valence-corrected chi connectivity index (χ3v) is 3.82. The van der Waals surface area contributed by atoms with E-state index < -0.39 is 6.04 Å². The number of methoxy groups -OCH3 is 2. The van der Waals surface area contributed by atoms with E-state index in [1.807, 2.05) is 0 Å². The molecule has 1 atom stereocenters. The fourth-order valence-corrected chi connectivity index (χ4v) is 2.53. The number of hydrogen-bond acceptors (Lipinski definition) is 4. The Balaban J connectivity index is 2.53. The second kappa shape index (κ2) is 6.89. The number of hydrazine groups is 1. The molecule has 2 aromatic carbocycles. The number of nitrogens with two attached hydrogens (primary N) is 1. The van der Waals surface area contributed by atoms with Crippen molar-refractivity contribution in [1.82, 2.24) is 5.43 Å². The number of ether oxygens (including phenoxy) is 2. The Morgan fingerprint density at radius 1 is 1.14 bits per heavy atom. The molecule has 21 heavy (non-hydrogen) atoms. The molecule has 0 aliphatic rings. The standard InChI is InChI=1S/C15H16BrFN2O2/c1-20-9-6-7-10(13(8-9)21-2)15(19-18)11-4-3-5-12(16)14(11)17/h3-8,15,19H,18H2,1-2H3. The van der Waals surface area contributed by atoms with Gasteiger partial charge in [-0.05, 0) is 34.1 Å². The van der Waals surface area contributed by atoms with Gasteiger partial charge in [0.1, 0.15) is 17.3 Å². The minimum atomic E-state index is -0.539. The molecule has 0 heterocycles. The first-order valence-corrected chi connectivity index (χ1v) is 7.03. The Bertz CT molecular complexity index is 637.